The lowest BCUT2D eigenvalue weighted by Gasteiger charge is -2.35. The van der Waals surface area contributed by atoms with E-state index in [0.29, 0.717) is 0 Å². The summed E-state index contributed by atoms with van der Waals surface area (Å²) in [6, 6.07) is 62.6. The zero-order valence-corrected chi connectivity index (χ0v) is 28.8. The first kappa shape index (κ1) is 30.8. The van der Waals surface area contributed by atoms with Crippen LogP contribution < -0.4 is 0 Å². The van der Waals surface area contributed by atoms with Crippen LogP contribution in [0.2, 0.25) is 0 Å². The third-order valence-corrected chi connectivity index (χ3v) is 10.5. The number of hydrogen-bond acceptors (Lipinski definition) is 4. The summed E-state index contributed by atoms with van der Waals surface area (Å²) >= 11 is 0. The van der Waals surface area contributed by atoms with E-state index in [9.17, 15) is 0 Å². The molecule has 4 heteroatoms. The van der Waals surface area contributed by atoms with Crippen LogP contribution in [0.4, 0.5) is 0 Å². The molecular formula is C49H32N4. The van der Waals surface area contributed by atoms with Gasteiger partial charge in [-0.15, -0.1) is 0 Å². The minimum atomic E-state index is -0.607. The van der Waals surface area contributed by atoms with Crippen molar-refractivity contribution in [2.75, 3.05) is 0 Å². The second-order valence-corrected chi connectivity index (χ2v) is 13.4. The minimum Gasteiger partial charge on any atom is -0.256 e. The van der Waals surface area contributed by atoms with Gasteiger partial charge in [-0.05, 0) is 110 Å². The topological polar surface area (TPSA) is 51.6 Å². The minimum absolute atomic E-state index is 0.607. The van der Waals surface area contributed by atoms with Crippen LogP contribution in [0, 0.1) is 0 Å². The number of rotatable bonds is 6. The largest absolute Gasteiger partial charge is 0.256 e. The number of hydrogen-bond donors (Lipinski definition) is 0. The van der Waals surface area contributed by atoms with Gasteiger partial charge in [0.15, 0.2) is 0 Å². The van der Waals surface area contributed by atoms with E-state index in [0.717, 1.165) is 50.4 Å². The second-order valence-electron chi connectivity index (χ2n) is 13.4. The number of aromatic nitrogens is 4. The molecule has 4 aromatic heterocycles. The van der Waals surface area contributed by atoms with E-state index in [-0.39, 0.29) is 0 Å². The van der Waals surface area contributed by atoms with Crippen molar-refractivity contribution in [2.45, 2.75) is 5.41 Å². The van der Waals surface area contributed by atoms with Crippen molar-refractivity contribution >= 4 is 10.9 Å². The van der Waals surface area contributed by atoms with Gasteiger partial charge in [0, 0.05) is 24.0 Å². The molecule has 0 aliphatic heterocycles. The highest BCUT2D eigenvalue weighted by atomic mass is 14.8. The van der Waals surface area contributed by atoms with Crippen molar-refractivity contribution in [1.82, 2.24) is 19.9 Å². The van der Waals surface area contributed by atoms with Gasteiger partial charge in [-0.2, -0.15) is 0 Å². The Kier molecular flexibility index (Phi) is 7.33. The Bertz CT molecular complexity index is 2670. The number of nitrogens with zero attached hydrogens (tertiary/aromatic N) is 4. The van der Waals surface area contributed by atoms with Crippen molar-refractivity contribution in [3.8, 4) is 56.2 Å². The van der Waals surface area contributed by atoms with E-state index in [1.807, 2.05) is 61.1 Å². The van der Waals surface area contributed by atoms with Crippen LogP contribution >= 0.6 is 0 Å². The third kappa shape index (κ3) is 4.99. The van der Waals surface area contributed by atoms with Crippen LogP contribution in [-0.4, -0.2) is 19.9 Å². The van der Waals surface area contributed by atoms with E-state index in [1.165, 1.54) is 38.9 Å². The highest BCUT2D eigenvalue weighted by Crippen LogP contribution is 2.61. The molecule has 1 aliphatic carbocycles. The Balaban J connectivity index is 1.35. The highest BCUT2D eigenvalue weighted by Gasteiger charge is 2.48. The molecule has 0 N–H and O–H groups in total. The maximum atomic E-state index is 5.12. The summed E-state index contributed by atoms with van der Waals surface area (Å²) in [5, 5.41) is 1.11. The quantitative estimate of drug-likeness (QED) is 0.176. The average molecular weight is 677 g/mol. The second kappa shape index (κ2) is 12.6. The summed E-state index contributed by atoms with van der Waals surface area (Å²) < 4.78 is 0. The van der Waals surface area contributed by atoms with Gasteiger partial charge in [-0.3, -0.25) is 15.0 Å². The summed E-state index contributed by atoms with van der Waals surface area (Å²) in [6.07, 6.45) is 5.49. The average Bonchev–Trinajstić information content (AvgIpc) is 3.56. The van der Waals surface area contributed by atoms with Gasteiger partial charge in [-0.25, -0.2) is 4.98 Å². The van der Waals surface area contributed by atoms with Gasteiger partial charge in [0.1, 0.15) is 0 Å². The molecule has 0 radical (unpaired) electrons. The molecule has 0 saturated carbocycles. The molecule has 1 aliphatic rings. The van der Waals surface area contributed by atoms with Gasteiger partial charge in [0.25, 0.3) is 0 Å². The van der Waals surface area contributed by atoms with Gasteiger partial charge in [0.05, 0.1) is 33.7 Å². The van der Waals surface area contributed by atoms with E-state index in [4.69, 9.17) is 15.0 Å². The summed E-state index contributed by atoms with van der Waals surface area (Å²) in [6.45, 7) is 0. The van der Waals surface area contributed by atoms with Gasteiger partial charge < -0.3 is 0 Å². The molecule has 0 saturated heterocycles. The molecule has 53 heavy (non-hydrogen) atoms. The Morgan fingerprint density at radius 1 is 0.377 bits per heavy atom. The SMILES string of the molecule is c1ccc(C2(c3ccccc3)c3ccccc3-c3c(-c4cc(-c5ccccn5)nc(-c5ccccn5)c4)ccc(-c4ccc5ncccc5c4)c32)cc1. The van der Waals surface area contributed by atoms with Crippen LogP contribution in [0.3, 0.4) is 0 Å². The molecule has 0 fully saturated rings. The molecular weight excluding hydrogens is 645 g/mol. The number of pyridine rings is 4. The molecule has 0 amide bonds. The van der Waals surface area contributed by atoms with Gasteiger partial charge >= 0.3 is 0 Å². The Labute approximate surface area is 308 Å². The smallest absolute Gasteiger partial charge is 0.0900 e. The first-order chi connectivity index (χ1) is 26.3. The molecule has 248 valence electrons. The van der Waals surface area contributed by atoms with Crippen LogP contribution in [0.25, 0.3) is 67.1 Å². The molecule has 4 nitrogen and oxygen atoms in total. The van der Waals surface area contributed by atoms with Crippen molar-refractivity contribution < 1.29 is 0 Å². The van der Waals surface area contributed by atoms with Crippen molar-refractivity contribution in [2.24, 2.45) is 0 Å². The monoisotopic (exact) mass is 676 g/mol. The van der Waals surface area contributed by atoms with Crippen LogP contribution in [0.1, 0.15) is 22.3 Å². The molecule has 0 bridgehead atoms. The standard InChI is InChI=1S/C49H32N4/c1-3-15-36(16-4-1)49(37-17-5-2-6-18-37)41-20-8-7-19-40(41)47-38(24-25-39(48(47)49)33-23-26-42-34(30-33)14-13-29-50-42)35-31-45(43-21-9-11-27-51-43)53-46(32-35)44-22-10-12-28-52-44/h1-32H. The first-order valence-electron chi connectivity index (χ1n) is 17.9. The fourth-order valence-electron chi connectivity index (χ4n) is 8.28. The molecule has 10 rings (SSSR count). The Hall–Kier alpha value is -7.04. The van der Waals surface area contributed by atoms with E-state index in [1.54, 1.807) is 0 Å². The molecule has 4 heterocycles. The fraction of sp³-hybridized carbons (Fsp3) is 0.0204. The summed E-state index contributed by atoms with van der Waals surface area (Å²) in [5.41, 5.74) is 15.5. The zero-order valence-electron chi connectivity index (χ0n) is 28.8. The van der Waals surface area contributed by atoms with E-state index < -0.39 is 5.41 Å². The van der Waals surface area contributed by atoms with Crippen molar-refractivity contribution in [3.63, 3.8) is 0 Å². The molecule has 0 unspecified atom stereocenters. The van der Waals surface area contributed by atoms with Gasteiger partial charge in [0.2, 0.25) is 0 Å². The molecule has 0 spiro atoms. The zero-order chi connectivity index (χ0) is 35.2. The van der Waals surface area contributed by atoms with Crippen LogP contribution in [-0.2, 0) is 5.41 Å². The Morgan fingerprint density at radius 3 is 1.64 bits per heavy atom. The van der Waals surface area contributed by atoms with Gasteiger partial charge in [-0.1, -0.05) is 121 Å². The Morgan fingerprint density at radius 2 is 0.981 bits per heavy atom. The fourth-order valence-corrected chi connectivity index (χ4v) is 8.28. The predicted octanol–water partition coefficient (Wildman–Crippen LogP) is 11.5. The molecule has 0 atom stereocenters. The van der Waals surface area contributed by atoms with Crippen molar-refractivity contribution in [1.29, 1.82) is 0 Å². The normalized spacial score (nSPS) is 12.7. The lowest BCUT2D eigenvalue weighted by molar-refractivity contribution is 0.770. The lowest BCUT2D eigenvalue weighted by atomic mass is 9.66. The van der Waals surface area contributed by atoms with E-state index >= 15 is 0 Å². The summed E-state index contributed by atoms with van der Waals surface area (Å²) in [5.74, 6) is 0. The van der Waals surface area contributed by atoms with Crippen LogP contribution in [0.5, 0.6) is 0 Å². The number of fused-ring (bicyclic) bond motifs is 4. The number of benzene rings is 5. The van der Waals surface area contributed by atoms with Crippen LogP contribution in [0.15, 0.2) is 195 Å². The summed E-state index contributed by atoms with van der Waals surface area (Å²) in [7, 11) is 0. The van der Waals surface area contributed by atoms with E-state index in [2.05, 4.69) is 138 Å². The molecule has 5 aromatic carbocycles. The predicted molar refractivity (Wildman–Crippen MR) is 214 cm³/mol. The maximum Gasteiger partial charge on any atom is 0.0900 e. The lowest BCUT2D eigenvalue weighted by Crippen LogP contribution is -2.29. The maximum absolute atomic E-state index is 5.12. The van der Waals surface area contributed by atoms with Crippen molar-refractivity contribution in [3.05, 3.63) is 217 Å². The highest BCUT2D eigenvalue weighted by molar-refractivity contribution is 6.01. The first-order valence-corrected chi connectivity index (χ1v) is 17.9. The molecule has 9 aromatic rings. The summed E-state index contributed by atoms with van der Waals surface area (Å²) in [4.78, 5) is 19.2. The third-order valence-electron chi connectivity index (χ3n) is 10.5.